The number of ether oxygens (including phenoxy) is 2. The number of rotatable bonds is 10. The molecular formula is C33H47N7O4Si. The topological polar surface area (TPSA) is 127 Å². The van der Waals surface area contributed by atoms with Crippen LogP contribution in [0.4, 0.5) is 22.2 Å². The second-order valence-corrected chi connectivity index (χ2v) is 19.2. The average molecular weight is 634 g/mol. The number of nitrogens with zero attached hydrogens (tertiary/aromatic N) is 6. The number of amides is 1. The van der Waals surface area contributed by atoms with E-state index in [1.165, 1.54) is 0 Å². The number of nitriles is 1. The minimum absolute atomic E-state index is 0.0127. The summed E-state index contributed by atoms with van der Waals surface area (Å²) < 4.78 is 19.5. The Hall–Kier alpha value is -3.79. The van der Waals surface area contributed by atoms with E-state index in [0.29, 0.717) is 49.2 Å². The lowest BCUT2D eigenvalue weighted by Crippen LogP contribution is -2.46. The first-order valence-electron chi connectivity index (χ1n) is 15.3. The van der Waals surface area contributed by atoms with Gasteiger partial charge in [-0.05, 0) is 69.1 Å². The summed E-state index contributed by atoms with van der Waals surface area (Å²) in [7, 11) is -0.447. The molecule has 0 aliphatic carbocycles. The number of hydrogen-bond acceptors (Lipinski definition) is 9. The van der Waals surface area contributed by atoms with Crippen molar-refractivity contribution in [3.8, 4) is 17.3 Å². The molecule has 1 N–H and O–H groups in total. The lowest BCUT2D eigenvalue weighted by Gasteiger charge is -2.39. The van der Waals surface area contributed by atoms with Gasteiger partial charge in [-0.15, -0.1) is 0 Å². The number of fused-ring (bicyclic) bond motifs is 1. The van der Waals surface area contributed by atoms with E-state index in [4.69, 9.17) is 18.9 Å². The molecule has 0 saturated carbocycles. The monoisotopic (exact) mass is 633 g/mol. The molecule has 1 atom stereocenters. The number of benzene rings is 1. The van der Waals surface area contributed by atoms with Crippen LogP contribution in [0.15, 0.2) is 36.7 Å². The van der Waals surface area contributed by atoms with Crippen LogP contribution in [0.3, 0.4) is 0 Å². The van der Waals surface area contributed by atoms with Crippen molar-refractivity contribution in [3.05, 3.63) is 47.8 Å². The Morgan fingerprint density at radius 2 is 1.89 bits per heavy atom. The summed E-state index contributed by atoms with van der Waals surface area (Å²) in [6, 6.07) is 9.82. The number of hydrogen-bond donors (Lipinski definition) is 1. The Bertz CT molecular complexity index is 1570. The molecule has 0 radical (unpaired) electrons. The van der Waals surface area contributed by atoms with Crippen LogP contribution in [-0.2, 0) is 25.9 Å². The van der Waals surface area contributed by atoms with Gasteiger partial charge in [0.25, 0.3) is 0 Å². The maximum absolute atomic E-state index is 13.5. The zero-order valence-electron chi connectivity index (χ0n) is 28.3. The molecule has 1 aliphatic heterocycles. The second kappa shape index (κ2) is 12.9. The summed E-state index contributed by atoms with van der Waals surface area (Å²) >= 11 is 0. The molecule has 45 heavy (non-hydrogen) atoms. The van der Waals surface area contributed by atoms with Crippen LogP contribution in [0.25, 0.3) is 11.3 Å². The zero-order valence-corrected chi connectivity index (χ0v) is 29.3. The third-order valence-corrected chi connectivity index (χ3v) is 12.9. The van der Waals surface area contributed by atoms with Gasteiger partial charge in [-0.1, -0.05) is 27.7 Å². The minimum atomic E-state index is -2.12. The smallest absolute Gasteiger partial charge is 0.414 e. The first-order valence-corrected chi connectivity index (χ1v) is 18.2. The number of anilines is 3. The van der Waals surface area contributed by atoms with E-state index in [1.807, 2.05) is 43.7 Å². The number of nitrogens with one attached hydrogen (secondary N) is 1. The van der Waals surface area contributed by atoms with Crippen LogP contribution < -0.4 is 10.2 Å². The Kier molecular flexibility index (Phi) is 9.77. The molecule has 4 rings (SSSR count). The zero-order chi connectivity index (χ0) is 33.2. The van der Waals surface area contributed by atoms with Crippen molar-refractivity contribution in [2.24, 2.45) is 0 Å². The quantitative estimate of drug-likeness (QED) is 0.185. The fourth-order valence-corrected chi connectivity index (χ4v) is 6.07. The third-order valence-electron chi connectivity index (χ3n) is 8.46. The van der Waals surface area contributed by atoms with E-state index >= 15 is 0 Å². The minimum Gasteiger partial charge on any atom is -0.443 e. The van der Waals surface area contributed by atoms with Crippen molar-refractivity contribution in [1.29, 1.82) is 5.26 Å². The largest absolute Gasteiger partial charge is 0.443 e. The highest BCUT2D eigenvalue weighted by atomic mass is 28.4. The van der Waals surface area contributed by atoms with Crippen LogP contribution >= 0.6 is 0 Å². The summed E-state index contributed by atoms with van der Waals surface area (Å²) in [6.45, 7) is 20.7. The molecule has 0 bridgehead atoms. The molecule has 0 fully saturated rings. The number of carbonyl (C=O) groups excluding carboxylic acids is 1. The summed E-state index contributed by atoms with van der Waals surface area (Å²) in [5.74, 6) is 1.16. The number of carbonyl (C=O) groups is 1. The molecule has 2 aromatic heterocycles. The van der Waals surface area contributed by atoms with E-state index < -0.39 is 25.4 Å². The maximum Gasteiger partial charge on any atom is 0.414 e. The fourth-order valence-electron chi connectivity index (χ4n) is 4.95. The van der Waals surface area contributed by atoms with E-state index in [-0.39, 0.29) is 5.04 Å². The van der Waals surface area contributed by atoms with Gasteiger partial charge in [0.15, 0.2) is 8.32 Å². The fraction of sp³-hybridized carbons (Fsp3) is 0.545. The van der Waals surface area contributed by atoms with Gasteiger partial charge < -0.3 is 19.2 Å². The lowest BCUT2D eigenvalue weighted by molar-refractivity contribution is 0.0575. The summed E-state index contributed by atoms with van der Waals surface area (Å²) in [4.78, 5) is 24.3. The van der Waals surface area contributed by atoms with Crippen LogP contribution in [0.2, 0.25) is 18.1 Å². The van der Waals surface area contributed by atoms with Crippen LogP contribution in [0, 0.1) is 11.3 Å². The standard InChI is InChI=1S/C33H47N7O4Si/c1-31(2,3)44-30(41)39-21-33(7,22-43-45(9,10)32(4,5)6)25-19-23(18-24(20-34)28(25)39)26-12-14-35-29(37-26)38-27-13-15-36-40(27)16-11-17-42-8/h12-15,18-19H,11,16-17,21-22H2,1-10H3,(H,35,37,38)/t33-/m0/s1. The average Bonchev–Trinajstić information content (AvgIpc) is 3.52. The highest BCUT2D eigenvalue weighted by Gasteiger charge is 2.47. The Morgan fingerprint density at radius 1 is 1.16 bits per heavy atom. The normalized spacial score (nSPS) is 16.8. The Morgan fingerprint density at radius 3 is 2.53 bits per heavy atom. The molecular weight excluding hydrogens is 586 g/mol. The van der Waals surface area contributed by atoms with Crippen molar-refractivity contribution in [2.45, 2.75) is 90.6 Å². The van der Waals surface area contributed by atoms with E-state index in [2.05, 4.69) is 62.3 Å². The van der Waals surface area contributed by atoms with E-state index in [1.54, 1.807) is 30.5 Å². The van der Waals surface area contributed by atoms with Crippen molar-refractivity contribution in [3.63, 3.8) is 0 Å². The molecule has 1 aromatic carbocycles. The summed E-state index contributed by atoms with van der Waals surface area (Å²) in [6.07, 6.45) is 3.74. The van der Waals surface area contributed by atoms with Crippen molar-refractivity contribution in [2.75, 3.05) is 37.1 Å². The Labute approximate surface area is 268 Å². The number of aromatic nitrogens is 4. The van der Waals surface area contributed by atoms with Crippen molar-refractivity contribution in [1.82, 2.24) is 19.7 Å². The molecule has 12 heteroatoms. The van der Waals surface area contributed by atoms with Gasteiger partial charge in [-0.25, -0.2) is 19.4 Å². The highest BCUT2D eigenvalue weighted by Crippen LogP contribution is 2.47. The molecule has 3 aromatic rings. The van der Waals surface area contributed by atoms with Gasteiger partial charge in [0.2, 0.25) is 5.95 Å². The van der Waals surface area contributed by atoms with Crippen molar-refractivity contribution < 1.29 is 18.7 Å². The van der Waals surface area contributed by atoms with E-state index in [9.17, 15) is 10.1 Å². The SMILES string of the molecule is COCCCn1nccc1Nc1nccc(-c2cc(C#N)c3c(c2)[C@](C)(CO[Si](C)(C)C(C)(C)C)CN3C(=O)OC(C)(C)C)n1. The predicted octanol–water partition coefficient (Wildman–Crippen LogP) is 7.03. The number of methoxy groups -OCH3 is 1. The van der Waals surface area contributed by atoms with Gasteiger partial charge in [-0.2, -0.15) is 10.4 Å². The van der Waals surface area contributed by atoms with Crippen LogP contribution in [-0.4, -0.2) is 66.6 Å². The van der Waals surface area contributed by atoms with Gasteiger partial charge in [0.1, 0.15) is 17.5 Å². The molecule has 0 spiro atoms. The summed E-state index contributed by atoms with van der Waals surface area (Å²) in [5, 5.41) is 18.0. The molecule has 0 saturated heterocycles. The van der Waals surface area contributed by atoms with Crippen molar-refractivity contribution >= 4 is 31.9 Å². The molecule has 11 nitrogen and oxygen atoms in total. The maximum atomic E-state index is 13.5. The lowest BCUT2D eigenvalue weighted by atomic mass is 9.83. The highest BCUT2D eigenvalue weighted by molar-refractivity contribution is 6.74. The van der Waals surface area contributed by atoms with Gasteiger partial charge in [0.05, 0.1) is 23.1 Å². The van der Waals surface area contributed by atoms with Gasteiger partial charge >= 0.3 is 6.09 Å². The first-order chi connectivity index (χ1) is 21.0. The Balaban J connectivity index is 1.74. The predicted molar refractivity (Wildman–Crippen MR) is 178 cm³/mol. The molecule has 0 unspecified atom stereocenters. The molecule has 1 amide bonds. The third kappa shape index (κ3) is 7.72. The molecule has 1 aliphatic rings. The first kappa shape index (κ1) is 34.1. The van der Waals surface area contributed by atoms with Gasteiger partial charge in [-0.3, -0.25) is 4.90 Å². The summed E-state index contributed by atoms with van der Waals surface area (Å²) in [5.41, 5.74) is 1.88. The van der Waals surface area contributed by atoms with Gasteiger partial charge in [0, 0.05) is 56.7 Å². The van der Waals surface area contributed by atoms with Crippen LogP contribution in [0.5, 0.6) is 0 Å². The molecule has 242 valence electrons. The van der Waals surface area contributed by atoms with Crippen LogP contribution in [0.1, 0.15) is 66.0 Å². The molecule has 3 heterocycles. The number of aryl methyl sites for hydroxylation is 1. The van der Waals surface area contributed by atoms with E-state index in [0.717, 1.165) is 23.4 Å². The second-order valence-electron chi connectivity index (χ2n) is 14.4.